The smallest absolute Gasteiger partial charge is 0.224 e. The van der Waals surface area contributed by atoms with Crippen LogP contribution >= 0.6 is 11.6 Å². The van der Waals surface area contributed by atoms with Gasteiger partial charge in [-0.15, -0.1) is 0 Å². The number of hydrogen-bond acceptors (Lipinski definition) is 4. The molecule has 0 saturated carbocycles. The minimum atomic E-state index is 0.167. The summed E-state index contributed by atoms with van der Waals surface area (Å²) in [4.78, 5) is 10.3. The van der Waals surface area contributed by atoms with Gasteiger partial charge in [-0.1, -0.05) is 0 Å². The summed E-state index contributed by atoms with van der Waals surface area (Å²) >= 11 is 5.81. The molecule has 1 fully saturated rings. The van der Waals surface area contributed by atoms with Crippen LogP contribution in [0.15, 0.2) is 6.07 Å². The van der Waals surface area contributed by atoms with Crippen molar-refractivity contribution in [3.8, 4) is 0 Å². The molecule has 0 aliphatic carbocycles. The summed E-state index contributed by atoms with van der Waals surface area (Å²) in [5.41, 5.74) is 0.855. The van der Waals surface area contributed by atoms with Crippen LogP contribution in [-0.4, -0.2) is 34.3 Å². The number of aromatic nitrogens is 2. The number of halogens is 1. The van der Waals surface area contributed by atoms with Crippen molar-refractivity contribution in [2.45, 2.75) is 25.8 Å². The van der Waals surface area contributed by atoms with Gasteiger partial charge in [0.1, 0.15) is 5.82 Å². The van der Waals surface area contributed by atoms with Crippen LogP contribution in [0.5, 0.6) is 0 Å². The average Bonchev–Trinajstić information content (AvgIpc) is 2.63. The highest BCUT2D eigenvalue weighted by Gasteiger charge is 2.25. The van der Waals surface area contributed by atoms with E-state index in [0.717, 1.165) is 30.9 Å². The highest BCUT2D eigenvalue weighted by atomic mass is 35.5. The fourth-order valence-electron chi connectivity index (χ4n) is 1.99. The third kappa shape index (κ3) is 2.21. The topological polar surface area (TPSA) is 49.2 Å². The second kappa shape index (κ2) is 4.33. The maximum Gasteiger partial charge on any atom is 0.224 e. The molecule has 1 aromatic heterocycles. The first kappa shape index (κ1) is 10.6. The number of aliphatic hydroxyl groups excluding tert-OH is 1. The molecule has 4 nitrogen and oxygen atoms in total. The Bertz CT molecular complexity index is 338. The highest BCUT2D eigenvalue weighted by Crippen LogP contribution is 2.24. The number of rotatable bonds is 2. The SMILES string of the molecule is Cc1cc(N2CCC[C@@H]2CO)nc(Cl)n1. The lowest BCUT2D eigenvalue weighted by Crippen LogP contribution is -2.32. The molecule has 1 aromatic rings. The van der Waals surface area contributed by atoms with E-state index in [1.54, 1.807) is 0 Å². The molecular weight excluding hydrogens is 214 g/mol. The van der Waals surface area contributed by atoms with E-state index in [1.165, 1.54) is 0 Å². The Morgan fingerprint density at radius 1 is 1.60 bits per heavy atom. The van der Waals surface area contributed by atoms with Crippen LogP contribution in [0, 0.1) is 6.92 Å². The van der Waals surface area contributed by atoms with Crippen LogP contribution in [0.4, 0.5) is 5.82 Å². The van der Waals surface area contributed by atoms with Crippen molar-refractivity contribution >= 4 is 17.4 Å². The van der Waals surface area contributed by atoms with Crippen molar-refractivity contribution in [3.05, 3.63) is 17.0 Å². The maximum absolute atomic E-state index is 9.22. The zero-order valence-electron chi connectivity index (χ0n) is 8.65. The normalized spacial score (nSPS) is 21.0. The van der Waals surface area contributed by atoms with Crippen molar-refractivity contribution in [1.29, 1.82) is 0 Å². The van der Waals surface area contributed by atoms with Crippen LogP contribution in [-0.2, 0) is 0 Å². The van der Waals surface area contributed by atoms with Gasteiger partial charge in [-0.05, 0) is 31.4 Å². The zero-order valence-corrected chi connectivity index (χ0v) is 9.41. The van der Waals surface area contributed by atoms with E-state index < -0.39 is 0 Å². The summed E-state index contributed by atoms with van der Waals surface area (Å²) in [5, 5.41) is 9.49. The van der Waals surface area contributed by atoms with E-state index in [0.29, 0.717) is 0 Å². The van der Waals surface area contributed by atoms with E-state index in [2.05, 4.69) is 14.9 Å². The lowest BCUT2D eigenvalue weighted by molar-refractivity contribution is 0.266. The first-order valence-corrected chi connectivity index (χ1v) is 5.47. The minimum Gasteiger partial charge on any atom is -0.394 e. The van der Waals surface area contributed by atoms with Gasteiger partial charge in [-0.2, -0.15) is 0 Å². The summed E-state index contributed by atoms with van der Waals surface area (Å²) in [6, 6.07) is 2.08. The van der Waals surface area contributed by atoms with Crippen molar-refractivity contribution in [2.24, 2.45) is 0 Å². The molecule has 0 unspecified atom stereocenters. The van der Waals surface area contributed by atoms with Crippen molar-refractivity contribution in [2.75, 3.05) is 18.1 Å². The Morgan fingerprint density at radius 2 is 2.40 bits per heavy atom. The summed E-state index contributed by atoms with van der Waals surface area (Å²) in [7, 11) is 0. The second-order valence-electron chi connectivity index (χ2n) is 3.81. The Hall–Kier alpha value is -0.870. The Labute approximate surface area is 93.9 Å². The molecule has 1 N–H and O–H groups in total. The van der Waals surface area contributed by atoms with E-state index in [-0.39, 0.29) is 17.9 Å². The van der Waals surface area contributed by atoms with Gasteiger partial charge < -0.3 is 10.0 Å². The molecule has 1 saturated heterocycles. The van der Waals surface area contributed by atoms with Gasteiger partial charge >= 0.3 is 0 Å². The van der Waals surface area contributed by atoms with Gasteiger partial charge in [-0.3, -0.25) is 0 Å². The Morgan fingerprint density at radius 3 is 3.07 bits per heavy atom. The highest BCUT2D eigenvalue weighted by molar-refractivity contribution is 6.28. The van der Waals surface area contributed by atoms with Crippen LogP contribution in [0.1, 0.15) is 18.5 Å². The molecule has 1 aliphatic heterocycles. The van der Waals surface area contributed by atoms with Gasteiger partial charge in [0.2, 0.25) is 5.28 Å². The van der Waals surface area contributed by atoms with Gasteiger partial charge in [0, 0.05) is 18.3 Å². The van der Waals surface area contributed by atoms with Crippen LogP contribution in [0.2, 0.25) is 5.28 Å². The Kier molecular flexibility index (Phi) is 3.07. The van der Waals surface area contributed by atoms with Crippen molar-refractivity contribution in [1.82, 2.24) is 9.97 Å². The van der Waals surface area contributed by atoms with Gasteiger partial charge in [0.05, 0.1) is 12.6 Å². The fourth-order valence-corrected chi connectivity index (χ4v) is 2.21. The number of aryl methyl sites for hydroxylation is 1. The molecule has 2 rings (SSSR count). The molecule has 0 spiro atoms. The molecule has 15 heavy (non-hydrogen) atoms. The van der Waals surface area contributed by atoms with E-state index in [4.69, 9.17) is 11.6 Å². The number of anilines is 1. The molecule has 0 bridgehead atoms. The first-order valence-electron chi connectivity index (χ1n) is 5.09. The van der Waals surface area contributed by atoms with Gasteiger partial charge in [0.25, 0.3) is 0 Å². The quantitative estimate of drug-likeness (QED) is 0.776. The molecule has 82 valence electrons. The van der Waals surface area contributed by atoms with Gasteiger partial charge in [0.15, 0.2) is 0 Å². The van der Waals surface area contributed by atoms with E-state index >= 15 is 0 Å². The predicted molar refractivity (Wildman–Crippen MR) is 59.2 cm³/mol. The van der Waals surface area contributed by atoms with E-state index in [1.807, 2.05) is 13.0 Å². The number of aliphatic hydroxyl groups is 1. The summed E-state index contributed by atoms with van der Waals surface area (Å²) in [6.45, 7) is 2.99. The summed E-state index contributed by atoms with van der Waals surface area (Å²) in [5.74, 6) is 0.823. The monoisotopic (exact) mass is 227 g/mol. The molecule has 0 radical (unpaired) electrons. The molecule has 1 aliphatic rings. The van der Waals surface area contributed by atoms with Crippen LogP contribution in [0.25, 0.3) is 0 Å². The van der Waals surface area contributed by atoms with Crippen molar-refractivity contribution in [3.63, 3.8) is 0 Å². The predicted octanol–water partition coefficient (Wildman–Crippen LogP) is 1.40. The molecule has 5 heteroatoms. The summed E-state index contributed by atoms with van der Waals surface area (Å²) in [6.07, 6.45) is 2.10. The molecule has 0 aromatic carbocycles. The second-order valence-corrected chi connectivity index (χ2v) is 4.15. The Balaban J connectivity index is 2.28. The van der Waals surface area contributed by atoms with Crippen LogP contribution < -0.4 is 4.90 Å². The number of nitrogens with zero attached hydrogens (tertiary/aromatic N) is 3. The molecule has 1 atom stereocenters. The standard InChI is InChI=1S/C10H14ClN3O/c1-7-5-9(13-10(11)12-7)14-4-2-3-8(14)6-15/h5,8,15H,2-4,6H2,1H3/t8-/m1/s1. The van der Waals surface area contributed by atoms with E-state index in [9.17, 15) is 5.11 Å². The largest absolute Gasteiger partial charge is 0.394 e. The lowest BCUT2D eigenvalue weighted by Gasteiger charge is -2.24. The minimum absolute atomic E-state index is 0.167. The summed E-state index contributed by atoms with van der Waals surface area (Å²) < 4.78 is 0. The molecule has 0 amide bonds. The lowest BCUT2D eigenvalue weighted by atomic mass is 10.2. The molecular formula is C10H14ClN3O. The maximum atomic E-state index is 9.22. The zero-order chi connectivity index (χ0) is 10.8. The third-order valence-corrected chi connectivity index (χ3v) is 2.86. The van der Waals surface area contributed by atoms with Crippen molar-refractivity contribution < 1.29 is 5.11 Å². The van der Waals surface area contributed by atoms with Gasteiger partial charge in [-0.25, -0.2) is 9.97 Å². The molecule has 2 heterocycles. The average molecular weight is 228 g/mol. The fraction of sp³-hybridized carbons (Fsp3) is 0.600. The third-order valence-electron chi connectivity index (χ3n) is 2.70. The number of hydrogen-bond donors (Lipinski definition) is 1. The van der Waals surface area contributed by atoms with Crippen LogP contribution in [0.3, 0.4) is 0 Å². The first-order chi connectivity index (χ1) is 7.20.